The monoisotopic (exact) mass is 276 g/mol. The summed E-state index contributed by atoms with van der Waals surface area (Å²) in [4.78, 5) is 9.07. The van der Waals surface area contributed by atoms with E-state index < -0.39 is 0 Å². The van der Waals surface area contributed by atoms with Crippen LogP contribution >= 0.6 is 0 Å². The zero-order valence-electron chi connectivity index (χ0n) is 13.5. The maximum atomic E-state index is 4.73. The predicted molar refractivity (Wildman–Crippen MR) is 87.0 cm³/mol. The molecular weight excluding hydrogens is 244 g/mol. The summed E-state index contributed by atoms with van der Waals surface area (Å²) >= 11 is 0. The lowest BCUT2D eigenvalue weighted by Gasteiger charge is -2.04. The average molecular weight is 276 g/mol. The van der Waals surface area contributed by atoms with Gasteiger partial charge in [-0.25, -0.2) is 0 Å². The molecule has 0 atom stereocenters. The summed E-state index contributed by atoms with van der Waals surface area (Å²) < 4.78 is 0. The van der Waals surface area contributed by atoms with Crippen molar-refractivity contribution in [3.63, 3.8) is 0 Å². The molecule has 1 rings (SSSR count). The summed E-state index contributed by atoms with van der Waals surface area (Å²) in [5.74, 6) is 0. The van der Waals surface area contributed by atoms with E-state index in [4.69, 9.17) is 4.98 Å². The Hall–Kier alpha value is -0.920. The van der Waals surface area contributed by atoms with Crippen LogP contribution in [-0.4, -0.2) is 9.97 Å². The Bertz CT molecular complexity index is 336. The van der Waals surface area contributed by atoms with Gasteiger partial charge in [0.2, 0.25) is 0 Å². The smallest absolute Gasteiger partial charge is 0.0590 e. The van der Waals surface area contributed by atoms with E-state index >= 15 is 0 Å². The Kier molecular flexibility index (Phi) is 10.2. The second kappa shape index (κ2) is 11.9. The molecule has 0 saturated heterocycles. The standard InChI is InChI=1S/C18H32N2/c1-3-5-7-8-9-10-12-14-18-16-19-15-17(20-18)13-11-6-4-2/h15-16H,3-14H2,1-2H3. The minimum atomic E-state index is 1.09. The molecule has 2 nitrogen and oxygen atoms in total. The zero-order valence-corrected chi connectivity index (χ0v) is 13.5. The van der Waals surface area contributed by atoms with Gasteiger partial charge in [0.15, 0.2) is 0 Å². The van der Waals surface area contributed by atoms with Gasteiger partial charge in [0.1, 0.15) is 0 Å². The van der Waals surface area contributed by atoms with Gasteiger partial charge < -0.3 is 0 Å². The molecular formula is C18H32N2. The Morgan fingerprint density at radius 1 is 0.650 bits per heavy atom. The van der Waals surface area contributed by atoms with Crippen LogP contribution in [0.4, 0.5) is 0 Å². The number of rotatable bonds is 12. The summed E-state index contributed by atoms with van der Waals surface area (Å²) in [6, 6.07) is 0. The molecule has 0 bridgehead atoms. The molecule has 1 aromatic rings. The van der Waals surface area contributed by atoms with Crippen molar-refractivity contribution in [3.05, 3.63) is 23.8 Å². The lowest BCUT2D eigenvalue weighted by Crippen LogP contribution is -1.98. The topological polar surface area (TPSA) is 25.8 Å². The second-order valence-electron chi connectivity index (χ2n) is 5.83. The number of nitrogens with zero attached hydrogens (tertiary/aromatic N) is 2. The van der Waals surface area contributed by atoms with Gasteiger partial charge in [0, 0.05) is 12.4 Å². The van der Waals surface area contributed by atoms with Gasteiger partial charge in [-0.05, 0) is 25.7 Å². The first-order valence-corrected chi connectivity index (χ1v) is 8.66. The van der Waals surface area contributed by atoms with Crippen molar-refractivity contribution in [2.75, 3.05) is 0 Å². The minimum absolute atomic E-state index is 1.09. The van der Waals surface area contributed by atoms with Gasteiger partial charge in [-0.2, -0.15) is 0 Å². The highest BCUT2D eigenvalue weighted by molar-refractivity contribution is 5.03. The lowest BCUT2D eigenvalue weighted by molar-refractivity contribution is 0.586. The van der Waals surface area contributed by atoms with E-state index in [1.807, 2.05) is 12.4 Å². The SMILES string of the molecule is CCCCCCCCCc1cncc(CCCCC)n1. The number of hydrogen-bond donors (Lipinski definition) is 0. The van der Waals surface area contributed by atoms with Crippen LogP contribution in [0, 0.1) is 0 Å². The summed E-state index contributed by atoms with van der Waals surface area (Å²) in [6.07, 6.45) is 19.4. The van der Waals surface area contributed by atoms with Crippen LogP contribution in [0.25, 0.3) is 0 Å². The van der Waals surface area contributed by atoms with Gasteiger partial charge in [-0.15, -0.1) is 0 Å². The van der Waals surface area contributed by atoms with Gasteiger partial charge in [0.05, 0.1) is 11.4 Å². The number of hydrogen-bond acceptors (Lipinski definition) is 2. The minimum Gasteiger partial charge on any atom is -0.261 e. The quantitative estimate of drug-likeness (QED) is 0.471. The lowest BCUT2D eigenvalue weighted by atomic mass is 10.1. The fourth-order valence-electron chi connectivity index (χ4n) is 2.51. The first-order chi connectivity index (χ1) is 9.86. The summed E-state index contributed by atoms with van der Waals surface area (Å²) in [5, 5.41) is 0. The fourth-order valence-corrected chi connectivity index (χ4v) is 2.51. The summed E-state index contributed by atoms with van der Waals surface area (Å²) in [7, 11) is 0. The summed E-state index contributed by atoms with van der Waals surface area (Å²) in [6.45, 7) is 4.51. The Labute approximate surface area is 125 Å². The van der Waals surface area contributed by atoms with Crippen molar-refractivity contribution in [2.45, 2.75) is 90.9 Å². The number of unbranched alkanes of at least 4 members (excludes halogenated alkanes) is 8. The molecule has 1 aromatic heterocycles. The van der Waals surface area contributed by atoms with Crippen molar-refractivity contribution in [1.29, 1.82) is 0 Å². The van der Waals surface area contributed by atoms with Gasteiger partial charge >= 0.3 is 0 Å². The van der Waals surface area contributed by atoms with Crippen LogP contribution in [0.3, 0.4) is 0 Å². The maximum absolute atomic E-state index is 4.73. The van der Waals surface area contributed by atoms with Gasteiger partial charge in [0.25, 0.3) is 0 Å². The van der Waals surface area contributed by atoms with Gasteiger partial charge in [-0.1, -0.05) is 65.2 Å². The van der Waals surface area contributed by atoms with Crippen molar-refractivity contribution in [2.24, 2.45) is 0 Å². The molecule has 0 aromatic carbocycles. The van der Waals surface area contributed by atoms with E-state index in [9.17, 15) is 0 Å². The first kappa shape index (κ1) is 17.1. The Balaban J connectivity index is 2.14. The van der Waals surface area contributed by atoms with E-state index in [1.54, 1.807) is 0 Å². The molecule has 2 heteroatoms. The van der Waals surface area contributed by atoms with E-state index in [0.29, 0.717) is 0 Å². The molecule has 0 saturated carbocycles. The third-order valence-corrected chi connectivity index (χ3v) is 3.81. The van der Waals surface area contributed by atoms with Crippen LogP contribution in [0.2, 0.25) is 0 Å². The van der Waals surface area contributed by atoms with Crippen LogP contribution in [0.15, 0.2) is 12.4 Å². The number of aromatic nitrogens is 2. The maximum Gasteiger partial charge on any atom is 0.0590 e. The average Bonchev–Trinajstić information content (AvgIpc) is 2.47. The molecule has 1 heterocycles. The third-order valence-electron chi connectivity index (χ3n) is 3.81. The van der Waals surface area contributed by atoms with Crippen molar-refractivity contribution in [1.82, 2.24) is 9.97 Å². The zero-order chi connectivity index (χ0) is 14.5. The normalized spacial score (nSPS) is 10.9. The van der Waals surface area contributed by atoms with E-state index in [-0.39, 0.29) is 0 Å². The molecule has 0 spiro atoms. The van der Waals surface area contributed by atoms with Gasteiger partial charge in [-0.3, -0.25) is 9.97 Å². The van der Waals surface area contributed by atoms with E-state index in [2.05, 4.69) is 18.8 Å². The van der Waals surface area contributed by atoms with Crippen molar-refractivity contribution < 1.29 is 0 Å². The molecule has 0 aliphatic rings. The largest absolute Gasteiger partial charge is 0.261 e. The fraction of sp³-hybridized carbons (Fsp3) is 0.778. The molecule has 0 aliphatic heterocycles. The third kappa shape index (κ3) is 8.29. The Morgan fingerprint density at radius 3 is 1.70 bits per heavy atom. The molecule has 114 valence electrons. The Morgan fingerprint density at radius 2 is 1.10 bits per heavy atom. The van der Waals surface area contributed by atoms with Crippen LogP contribution in [0.1, 0.15) is 89.4 Å². The molecule has 0 N–H and O–H groups in total. The van der Waals surface area contributed by atoms with Crippen molar-refractivity contribution in [3.8, 4) is 0 Å². The van der Waals surface area contributed by atoms with Crippen molar-refractivity contribution >= 4 is 0 Å². The molecule has 0 amide bonds. The highest BCUT2D eigenvalue weighted by Gasteiger charge is 2.00. The molecule has 0 unspecified atom stereocenters. The van der Waals surface area contributed by atoms with Crippen LogP contribution < -0.4 is 0 Å². The highest BCUT2D eigenvalue weighted by Crippen LogP contribution is 2.10. The van der Waals surface area contributed by atoms with E-state index in [1.165, 1.54) is 75.6 Å². The first-order valence-electron chi connectivity index (χ1n) is 8.66. The highest BCUT2D eigenvalue weighted by atomic mass is 14.8. The number of aryl methyl sites for hydroxylation is 2. The van der Waals surface area contributed by atoms with Crippen LogP contribution in [0.5, 0.6) is 0 Å². The molecule has 0 radical (unpaired) electrons. The summed E-state index contributed by atoms with van der Waals surface area (Å²) in [5.41, 5.74) is 2.37. The van der Waals surface area contributed by atoms with E-state index in [0.717, 1.165) is 12.8 Å². The second-order valence-corrected chi connectivity index (χ2v) is 5.83. The molecule has 0 aliphatic carbocycles. The van der Waals surface area contributed by atoms with Crippen LogP contribution in [-0.2, 0) is 12.8 Å². The molecule has 20 heavy (non-hydrogen) atoms. The predicted octanol–water partition coefficient (Wildman–Crippen LogP) is 5.50. The molecule has 0 fully saturated rings.